The Morgan fingerprint density at radius 3 is 2.89 bits per heavy atom. The van der Waals surface area contributed by atoms with Crippen molar-refractivity contribution in [2.24, 2.45) is 11.8 Å². The Morgan fingerprint density at radius 1 is 1.41 bits per heavy atom. The van der Waals surface area contributed by atoms with E-state index in [0.717, 1.165) is 30.8 Å². The van der Waals surface area contributed by atoms with Crippen molar-refractivity contribution in [2.45, 2.75) is 40.2 Å². The average Bonchev–Trinajstić information content (AvgIpc) is 3.29. The molecule has 146 valence electrons. The second-order valence-corrected chi connectivity index (χ2v) is 7.53. The van der Waals surface area contributed by atoms with E-state index in [1.54, 1.807) is 17.0 Å². The van der Waals surface area contributed by atoms with Crippen LogP contribution in [-0.4, -0.2) is 46.1 Å². The third-order valence-electron chi connectivity index (χ3n) is 5.02. The SMILES string of the molecule is Cc1cc(C)n(CC(C)CNC(=O)C2CCCN(C(=O)c3ccco3)C2)n1. The van der Waals surface area contributed by atoms with Crippen LogP contribution in [0.4, 0.5) is 0 Å². The zero-order chi connectivity index (χ0) is 19.4. The number of aromatic nitrogens is 2. The molecular weight excluding hydrogens is 344 g/mol. The number of carbonyl (C=O) groups excluding carboxylic acids is 2. The van der Waals surface area contributed by atoms with Crippen LogP contribution in [0.1, 0.15) is 41.7 Å². The molecule has 2 atom stereocenters. The van der Waals surface area contributed by atoms with Crippen molar-refractivity contribution in [2.75, 3.05) is 19.6 Å². The lowest BCUT2D eigenvalue weighted by atomic mass is 9.96. The van der Waals surface area contributed by atoms with Gasteiger partial charge in [0.25, 0.3) is 5.91 Å². The fourth-order valence-electron chi connectivity index (χ4n) is 3.57. The van der Waals surface area contributed by atoms with Crippen molar-refractivity contribution in [1.82, 2.24) is 20.0 Å². The van der Waals surface area contributed by atoms with Crippen LogP contribution in [0.5, 0.6) is 0 Å². The smallest absolute Gasteiger partial charge is 0.289 e. The number of likely N-dealkylation sites (tertiary alicyclic amines) is 1. The Bertz CT molecular complexity index is 781. The highest BCUT2D eigenvalue weighted by Gasteiger charge is 2.29. The third-order valence-corrected chi connectivity index (χ3v) is 5.02. The first kappa shape index (κ1) is 19.2. The Balaban J connectivity index is 1.48. The van der Waals surface area contributed by atoms with E-state index in [9.17, 15) is 9.59 Å². The van der Waals surface area contributed by atoms with Crippen molar-refractivity contribution in [1.29, 1.82) is 0 Å². The van der Waals surface area contributed by atoms with E-state index < -0.39 is 0 Å². The fraction of sp³-hybridized carbons (Fsp3) is 0.550. The second kappa shape index (κ2) is 8.41. The van der Waals surface area contributed by atoms with Crippen LogP contribution in [0, 0.1) is 25.7 Å². The normalized spacial score (nSPS) is 18.3. The minimum Gasteiger partial charge on any atom is -0.459 e. The molecule has 0 aliphatic carbocycles. The molecule has 1 saturated heterocycles. The second-order valence-electron chi connectivity index (χ2n) is 7.53. The highest BCUT2D eigenvalue weighted by atomic mass is 16.3. The van der Waals surface area contributed by atoms with E-state index >= 15 is 0 Å². The van der Waals surface area contributed by atoms with Crippen LogP contribution in [0.2, 0.25) is 0 Å². The summed E-state index contributed by atoms with van der Waals surface area (Å²) in [6.45, 7) is 8.60. The molecular formula is C20H28N4O3. The molecule has 2 aromatic rings. The zero-order valence-corrected chi connectivity index (χ0v) is 16.3. The largest absolute Gasteiger partial charge is 0.459 e. The minimum atomic E-state index is -0.168. The molecule has 0 aromatic carbocycles. The molecule has 0 radical (unpaired) electrons. The molecule has 7 nitrogen and oxygen atoms in total. The highest BCUT2D eigenvalue weighted by Crippen LogP contribution is 2.19. The maximum Gasteiger partial charge on any atom is 0.289 e. The van der Waals surface area contributed by atoms with Crippen molar-refractivity contribution in [3.8, 4) is 0 Å². The van der Waals surface area contributed by atoms with Crippen LogP contribution in [0.3, 0.4) is 0 Å². The van der Waals surface area contributed by atoms with Gasteiger partial charge in [-0.05, 0) is 50.8 Å². The predicted molar refractivity (Wildman–Crippen MR) is 101 cm³/mol. The van der Waals surface area contributed by atoms with E-state index in [0.29, 0.717) is 25.4 Å². The van der Waals surface area contributed by atoms with Crippen LogP contribution in [0.15, 0.2) is 28.9 Å². The lowest BCUT2D eigenvalue weighted by Crippen LogP contribution is -2.46. The van der Waals surface area contributed by atoms with Crippen molar-refractivity contribution in [3.63, 3.8) is 0 Å². The van der Waals surface area contributed by atoms with Gasteiger partial charge in [-0.2, -0.15) is 5.10 Å². The molecule has 7 heteroatoms. The predicted octanol–water partition coefficient (Wildman–Crippen LogP) is 2.40. The maximum absolute atomic E-state index is 12.6. The van der Waals surface area contributed by atoms with E-state index in [1.807, 2.05) is 18.5 Å². The van der Waals surface area contributed by atoms with Gasteiger partial charge in [0.15, 0.2) is 5.76 Å². The number of piperidine rings is 1. The molecule has 0 spiro atoms. The van der Waals surface area contributed by atoms with Gasteiger partial charge >= 0.3 is 0 Å². The summed E-state index contributed by atoms with van der Waals surface area (Å²) >= 11 is 0. The molecule has 0 saturated carbocycles. The first-order valence-corrected chi connectivity index (χ1v) is 9.55. The first-order valence-electron chi connectivity index (χ1n) is 9.55. The van der Waals surface area contributed by atoms with Gasteiger partial charge in [-0.3, -0.25) is 14.3 Å². The summed E-state index contributed by atoms with van der Waals surface area (Å²) in [5.41, 5.74) is 2.14. The van der Waals surface area contributed by atoms with Crippen LogP contribution < -0.4 is 5.32 Å². The molecule has 27 heavy (non-hydrogen) atoms. The fourth-order valence-corrected chi connectivity index (χ4v) is 3.57. The third kappa shape index (κ3) is 4.78. The standard InChI is InChI=1S/C20H28N4O3/c1-14(12-24-16(3)10-15(2)22-24)11-21-19(25)17-6-4-8-23(13-17)20(26)18-7-5-9-27-18/h5,7,9-10,14,17H,4,6,8,11-13H2,1-3H3,(H,21,25). The van der Waals surface area contributed by atoms with Gasteiger partial charge < -0.3 is 14.6 Å². The summed E-state index contributed by atoms with van der Waals surface area (Å²) in [5.74, 6) is 0.312. The highest BCUT2D eigenvalue weighted by molar-refractivity contribution is 5.92. The molecule has 2 aromatic heterocycles. The lowest BCUT2D eigenvalue weighted by molar-refractivity contribution is -0.126. The zero-order valence-electron chi connectivity index (χ0n) is 16.3. The van der Waals surface area contributed by atoms with Crippen molar-refractivity contribution < 1.29 is 14.0 Å². The van der Waals surface area contributed by atoms with E-state index in [-0.39, 0.29) is 23.7 Å². The summed E-state index contributed by atoms with van der Waals surface area (Å²) < 4.78 is 7.17. The summed E-state index contributed by atoms with van der Waals surface area (Å²) in [4.78, 5) is 26.7. The van der Waals surface area contributed by atoms with Gasteiger partial charge in [0.2, 0.25) is 5.91 Å². The summed E-state index contributed by atoms with van der Waals surface area (Å²) in [5, 5.41) is 7.52. The summed E-state index contributed by atoms with van der Waals surface area (Å²) in [7, 11) is 0. The van der Waals surface area contributed by atoms with E-state index in [2.05, 4.69) is 23.4 Å². The number of amides is 2. The maximum atomic E-state index is 12.6. The number of hydrogen-bond donors (Lipinski definition) is 1. The Labute approximate surface area is 159 Å². The van der Waals surface area contributed by atoms with Crippen LogP contribution in [0.25, 0.3) is 0 Å². The van der Waals surface area contributed by atoms with Crippen molar-refractivity contribution in [3.05, 3.63) is 41.6 Å². The van der Waals surface area contributed by atoms with E-state index in [4.69, 9.17) is 4.42 Å². The summed E-state index contributed by atoms with van der Waals surface area (Å²) in [6, 6.07) is 5.41. The van der Waals surface area contributed by atoms with Gasteiger partial charge in [-0.15, -0.1) is 0 Å². The molecule has 1 aliphatic heterocycles. The van der Waals surface area contributed by atoms with Gasteiger partial charge in [-0.1, -0.05) is 6.92 Å². The molecule has 3 rings (SSSR count). The van der Waals surface area contributed by atoms with Gasteiger partial charge in [0.05, 0.1) is 17.9 Å². The monoisotopic (exact) mass is 372 g/mol. The topological polar surface area (TPSA) is 80.4 Å². The minimum absolute atomic E-state index is 0.0205. The summed E-state index contributed by atoms with van der Waals surface area (Å²) in [6.07, 6.45) is 3.12. The van der Waals surface area contributed by atoms with Gasteiger partial charge in [-0.25, -0.2) is 0 Å². The van der Waals surface area contributed by atoms with Crippen LogP contribution >= 0.6 is 0 Å². The molecule has 1 fully saturated rings. The molecule has 3 heterocycles. The van der Waals surface area contributed by atoms with E-state index in [1.165, 1.54) is 6.26 Å². The van der Waals surface area contributed by atoms with Crippen molar-refractivity contribution >= 4 is 11.8 Å². The molecule has 1 aliphatic rings. The quantitative estimate of drug-likeness (QED) is 0.844. The molecule has 1 N–H and O–H groups in total. The number of nitrogens with one attached hydrogen (secondary N) is 1. The molecule has 2 amide bonds. The molecule has 2 unspecified atom stereocenters. The number of carbonyl (C=O) groups is 2. The Morgan fingerprint density at radius 2 is 2.22 bits per heavy atom. The molecule has 0 bridgehead atoms. The number of aryl methyl sites for hydroxylation is 2. The van der Waals surface area contributed by atoms with Gasteiger partial charge in [0.1, 0.15) is 0 Å². The lowest BCUT2D eigenvalue weighted by Gasteiger charge is -2.31. The first-order chi connectivity index (χ1) is 12.9. The number of hydrogen-bond acceptors (Lipinski definition) is 4. The number of nitrogens with zero attached hydrogens (tertiary/aromatic N) is 3. The van der Waals surface area contributed by atoms with Gasteiger partial charge in [0, 0.05) is 31.9 Å². The Hall–Kier alpha value is -2.57. The average molecular weight is 372 g/mol. The number of furan rings is 1. The number of rotatable bonds is 6. The van der Waals surface area contributed by atoms with Crippen LogP contribution in [-0.2, 0) is 11.3 Å². The Kier molecular flexibility index (Phi) is 5.98.